The highest BCUT2D eigenvalue weighted by molar-refractivity contribution is 6.06. The van der Waals surface area contributed by atoms with Crippen LogP contribution in [0.2, 0.25) is 0 Å². The fraction of sp³-hybridized carbons (Fsp3) is 0.429. The van der Waals surface area contributed by atoms with Gasteiger partial charge in [0.2, 0.25) is 23.5 Å². The van der Waals surface area contributed by atoms with Crippen LogP contribution in [0.25, 0.3) is 0 Å². The molecule has 13 heteroatoms. The van der Waals surface area contributed by atoms with Crippen LogP contribution in [0, 0.1) is 13.8 Å². The molecule has 0 bridgehead atoms. The summed E-state index contributed by atoms with van der Waals surface area (Å²) in [6.45, 7) is 14.9. The first-order chi connectivity index (χ1) is 26.6. The maximum absolute atomic E-state index is 13.8. The van der Waals surface area contributed by atoms with Crippen molar-refractivity contribution in [2.75, 3.05) is 84.3 Å². The third kappa shape index (κ3) is 11.1. The minimum Gasteiger partial charge on any atom is -0.493 e. The summed E-state index contributed by atoms with van der Waals surface area (Å²) in [7, 11) is 5.30. The summed E-state index contributed by atoms with van der Waals surface area (Å²) in [5, 5.41) is 6.26. The minimum absolute atomic E-state index is 0.0541. The number of benzene rings is 3. The molecule has 294 valence electrons. The van der Waals surface area contributed by atoms with Gasteiger partial charge in [-0.15, -0.1) is 0 Å². The Morgan fingerprint density at radius 3 is 2.31 bits per heavy atom. The molecule has 13 nitrogen and oxygen atoms in total. The summed E-state index contributed by atoms with van der Waals surface area (Å²) in [4.78, 5) is 42.3. The number of rotatable bonds is 18. The highest BCUT2D eigenvalue weighted by Gasteiger charge is 2.21. The highest BCUT2D eigenvalue weighted by atomic mass is 16.5. The van der Waals surface area contributed by atoms with Crippen LogP contribution < -0.4 is 29.6 Å². The van der Waals surface area contributed by atoms with E-state index in [1.54, 1.807) is 26.4 Å². The number of aromatic nitrogens is 2. The van der Waals surface area contributed by atoms with Gasteiger partial charge in [0.1, 0.15) is 11.3 Å². The molecular weight excluding hydrogens is 699 g/mol. The van der Waals surface area contributed by atoms with Crippen molar-refractivity contribution in [3.63, 3.8) is 0 Å². The summed E-state index contributed by atoms with van der Waals surface area (Å²) in [5.41, 5.74) is 4.22. The average Bonchev–Trinajstić information content (AvgIpc) is 3.18. The number of nitrogens with zero attached hydrogens (tertiary/aromatic N) is 5. The summed E-state index contributed by atoms with van der Waals surface area (Å²) in [6, 6.07) is 16.9. The fourth-order valence-corrected chi connectivity index (χ4v) is 6.49. The Morgan fingerprint density at radius 2 is 1.62 bits per heavy atom. The zero-order chi connectivity index (χ0) is 39.3. The first-order valence-electron chi connectivity index (χ1n) is 19.0. The molecule has 2 heterocycles. The number of hydrogen-bond donors (Lipinski definition) is 2. The van der Waals surface area contributed by atoms with Gasteiger partial charge in [0, 0.05) is 81.9 Å². The maximum atomic E-state index is 13.8. The van der Waals surface area contributed by atoms with Crippen molar-refractivity contribution in [2.45, 2.75) is 47.0 Å². The van der Waals surface area contributed by atoms with Crippen LogP contribution in [0.1, 0.15) is 53.7 Å². The predicted octanol–water partition coefficient (Wildman–Crippen LogP) is 6.72. The lowest BCUT2D eigenvalue weighted by molar-refractivity contribution is -0.130. The van der Waals surface area contributed by atoms with Crippen molar-refractivity contribution in [3.8, 4) is 28.9 Å². The van der Waals surface area contributed by atoms with Crippen LogP contribution in [0.3, 0.4) is 0 Å². The standard InChI is InChI=1S/C42H55N7O6/c1-8-49(9-2)37(50)18-17-31-15-11-16-33(25-31)55-41-34(40(51)45-38-29(3)13-10-14-30(38)4)28-43-42(46-41)44-32-26-35(52-6)39(53-7)36(27-32)54-24-12-19-48-22-20-47(5)21-23-48/h10-11,13-16,25-28H,8-9,12,17-24H2,1-7H3,(H,45,51)(H,43,44,46). The lowest BCUT2D eigenvalue weighted by Gasteiger charge is -2.32. The van der Waals surface area contributed by atoms with E-state index >= 15 is 0 Å². The van der Waals surface area contributed by atoms with Gasteiger partial charge >= 0.3 is 0 Å². The number of piperazine rings is 1. The van der Waals surface area contributed by atoms with Crippen LogP contribution in [0.4, 0.5) is 17.3 Å². The van der Waals surface area contributed by atoms with E-state index in [1.165, 1.54) is 6.20 Å². The molecule has 0 atom stereocenters. The van der Waals surface area contributed by atoms with Gasteiger partial charge in [0.15, 0.2) is 11.5 Å². The van der Waals surface area contributed by atoms with E-state index in [9.17, 15) is 9.59 Å². The van der Waals surface area contributed by atoms with E-state index in [4.69, 9.17) is 23.9 Å². The number of carbonyl (C=O) groups excluding carboxylic acids is 2. The molecule has 4 aromatic rings. The van der Waals surface area contributed by atoms with Crippen LogP contribution in [-0.4, -0.2) is 110 Å². The van der Waals surface area contributed by atoms with E-state index in [0.29, 0.717) is 66.9 Å². The normalized spacial score (nSPS) is 13.2. The number of anilines is 3. The molecule has 0 aliphatic carbocycles. The van der Waals surface area contributed by atoms with Gasteiger partial charge in [0.25, 0.3) is 5.91 Å². The minimum atomic E-state index is -0.418. The third-order valence-corrected chi connectivity index (χ3v) is 9.75. The van der Waals surface area contributed by atoms with E-state index in [2.05, 4.69) is 32.5 Å². The van der Waals surface area contributed by atoms with Gasteiger partial charge in [-0.05, 0) is 76.4 Å². The van der Waals surface area contributed by atoms with Gasteiger partial charge in [-0.3, -0.25) is 9.59 Å². The number of likely N-dealkylation sites (N-methyl/N-ethyl adjacent to an activating group) is 1. The highest BCUT2D eigenvalue weighted by Crippen LogP contribution is 2.41. The molecule has 1 aliphatic heterocycles. The fourth-order valence-electron chi connectivity index (χ4n) is 6.49. The van der Waals surface area contributed by atoms with Crippen molar-refractivity contribution >= 4 is 29.1 Å². The van der Waals surface area contributed by atoms with Gasteiger partial charge in [-0.2, -0.15) is 4.98 Å². The van der Waals surface area contributed by atoms with Gasteiger partial charge in [0.05, 0.1) is 20.8 Å². The predicted molar refractivity (Wildman–Crippen MR) is 216 cm³/mol. The first kappa shape index (κ1) is 40.8. The quantitative estimate of drug-likeness (QED) is 0.105. The molecule has 0 saturated carbocycles. The monoisotopic (exact) mass is 753 g/mol. The van der Waals surface area contributed by atoms with E-state index in [-0.39, 0.29) is 23.3 Å². The molecule has 2 amide bonds. The topological polar surface area (TPSA) is 131 Å². The molecule has 1 fully saturated rings. The Kier molecular flexibility index (Phi) is 14.7. The number of carbonyl (C=O) groups is 2. The van der Waals surface area contributed by atoms with E-state index < -0.39 is 5.91 Å². The van der Waals surface area contributed by atoms with Crippen LogP contribution in [0.5, 0.6) is 28.9 Å². The zero-order valence-electron chi connectivity index (χ0n) is 33.2. The Hall–Kier alpha value is -5.40. The average molecular weight is 754 g/mol. The van der Waals surface area contributed by atoms with E-state index in [0.717, 1.165) is 55.8 Å². The van der Waals surface area contributed by atoms with Crippen molar-refractivity contribution < 1.29 is 28.5 Å². The van der Waals surface area contributed by atoms with E-state index in [1.807, 2.05) is 75.1 Å². The molecule has 1 aromatic heterocycles. The lowest BCUT2D eigenvalue weighted by Crippen LogP contribution is -2.44. The third-order valence-electron chi connectivity index (χ3n) is 9.75. The molecular formula is C42H55N7O6. The van der Waals surface area contributed by atoms with Gasteiger partial charge in [-0.25, -0.2) is 4.98 Å². The van der Waals surface area contributed by atoms with Gasteiger partial charge in [-0.1, -0.05) is 30.3 Å². The number of methoxy groups -OCH3 is 2. The second kappa shape index (κ2) is 19.8. The number of para-hydroxylation sites is 1. The Morgan fingerprint density at radius 1 is 0.909 bits per heavy atom. The molecule has 1 aliphatic rings. The lowest BCUT2D eigenvalue weighted by atomic mass is 10.1. The second-order valence-corrected chi connectivity index (χ2v) is 13.6. The van der Waals surface area contributed by atoms with Crippen molar-refractivity contribution in [3.05, 3.63) is 83.0 Å². The number of aryl methyl sites for hydroxylation is 3. The van der Waals surface area contributed by atoms with Crippen molar-refractivity contribution in [1.29, 1.82) is 0 Å². The molecule has 5 rings (SSSR count). The number of amides is 2. The maximum Gasteiger partial charge on any atom is 0.262 e. The SMILES string of the molecule is CCN(CC)C(=O)CCc1cccc(Oc2nc(Nc3cc(OC)c(OC)c(OCCCN4CCN(C)CC4)c3)ncc2C(=O)Nc2c(C)cccc2C)c1. The van der Waals surface area contributed by atoms with Crippen LogP contribution >= 0.6 is 0 Å². The summed E-state index contributed by atoms with van der Waals surface area (Å²) < 4.78 is 23.9. The number of ether oxygens (including phenoxy) is 4. The van der Waals surface area contributed by atoms with Crippen molar-refractivity contribution in [1.82, 2.24) is 24.7 Å². The molecule has 0 unspecified atom stereocenters. The number of nitrogens with one attached hydrogen (secondary N) is 2. The first-order valence-corrected chi connectivity index (χ1v) is 19.0. The molecule has 1 saturated heterocycles. The molecule has 2 N–H and O–H groups in total. The largest absolute Gasteiger partial charge is 0.493 e. The molecule has 0 spiro atoms. The zero-order valence-corrected chi connectivity index (χ0v) is 33.2. The summed E-state index contributed by atoms with van der Waals surface area (Å²) in [6.07, 6.45) is 3.22. The molecule has 55 heavy (non-hydrogen) atoms. The van der Waals surface area contributed by atoms with Crippen LogP contribution in [0.15, 0.2) is 60.8 Å². The Balaban J connectivity index is 1.39. The number of hydrogen-bond acceptors (Lipinski definition) is 11. The summed E-state index contributed by atoms with van der Waals surface area (Å²) in [5.74, 6) is 1.86. The molecule has 3 aromatic carbocycles. The Labute approximate surface area is 324 Å². The van der Waals surface area contributed by atoms with Gasteiger partial charge < -0.3 is 44.3 Å². The smallest absolute Gasteiger partial charge is 0.262 e. The van der Waals surface area contributed by atoms with Crippen LogP contribution in [-0.2, 0) is 11.2 Å². The summed E-state index contributed by atoms with van der Waals surface area (Å²) >= 11 is 0. The molecule has 0 radical (unpaired) electrons. The van der Waals surface area contributed by atoms with Crippen molar-refractivity contribution in [2.24, 2.45) is 0 Å². The Bertz CT molecular complexity index is 1890. The second-order valence-electron chi connectivity index (χ2n) is 13.6.